The largest absolute Gasteiger partial charge is 0.348 e. The molecule has 0 bridgehead atoms. The number of carbonyl (C=O) groups is 1. The average Bonchev–Trinajstić information content (AvgIpc) is 2.63. The number of aromatic nitrogens is 1. The first kappa shape index (κ1) is 11.7. The van der Waals surface area contributed by atoms with Crippen molar-refractivity contribution in [2.75, 3.05) is 0 Å². The molecular formula is C11H14N2OS. The van der Waals surface area contributed by atoms with E-state index in [9.17, 15) is 4.79 Å². The van der Waals surface area contributed by atoms with Crippen LogP contribution in [-0.4, -0.2) is 16.9 Å². The van der Waals surface area contributed by atoms with Crippen molar-refractivity contribution in [1.82, 2.24) is 10.3 Å². The summed E-state index contributed by atoms with van der Waals surface area (Å²) in [5, 5.41) is 2.90. The van der Waals surface area contributed by atoms with Crippen molar-refractivity contribution >= 4 is 17.2 Å². The van der Waals surface area contributed by atoms with Gasteiger partial charge < -0.3 is 5.32 Å². The molecule has 0 saturated heterocycles. The number of rotatable bonds is 4. The van der Waals surface area contributed by atoms with Crippen LogP contribution >= 0.6 is 11.3 Å². The number of hydrogen-bond acceptors (Lipinski definition) is 3. The van der Waals surface area contributed by atoms with Gasteiger partial charge in [0.1, 0.15) is 4.88 Å². The van der Waals surface area contributed by atoms with E-state index < -0.39 is 0 Å². The summed E-state index contributed by atoms with van der Waals surface area (Å²) in [5.41, 5.74) is 2.44. The molecule has 3 nitrogen and oxygen atoms in total. The van der Waals surface area contributed by atoms with Crippen LogP contribution < -0.4 is 5.32 Å². The molecule has 15 heavy (non-hydrogen) atoms. The minimum atomic E-state index is -0.0721. The normalized spacial score (nSPS) is 11.8. The van der Waals surface area contributed by atoms with Crippen LogP contribution in [0.3, 0.4) is 0 Å². The SMILES string of the molecule is C#CCC(CC)NC(=O)c1scnc1C. The lowest BCUT2D eigenvalue weighted by Gasteiger charge is -2.13. The zero-order valence-electron chi connectivity index (χ0n) is 8.91. The summed E-state index contributed by atoms with van der Waals surface area (Å²) < 4.78 is 0. The Hall–Kier alpha value is -1.34. The van der Waals surface area contributed by atoms with E-state index in [1.165, 1.54) is 11.3 Å². The lowest BCUT2D eigenvalue weighted by atomic mass is 10.1. The molecule has 1 aromatic heterocycles. The quantitative estimate of drug-likeness (QED) is 0.791. The van der Waals surface area contributed by atoms with Crippen molar-refractivity contribution in [2.45, 2.75) is 32.7 Å². The molecule has 80 valence electrons. The summed E-state index contributed by atoms with van der Waals surface area (Å²) in [4.78, 5) is 16.5. The van der Waals surface area contributed by atoms with E-state index in [0.29, 0.717) is 11.3 Å². The summed E-state index contributed by atoms with van der Waals surface area (Å²) >= 11 is 1.35. The number of thiazole rings is 1. The summed E-state index contributed by atoms with van der Waals surface area (Å²) in [7, 11) is 0. The van der Waals surface area contributed by atoms with E-state index in [1.54, 1.807) is 5.51 Å². The van der Waals surface area contributed by atoms with Crippen molar-refractivity contribution in [3.05, 3.63) is 16.1 Å². The van der Waals surface area contributed by atoms with Gasteiger partial charge in [0, 0.05) is 12.5 Å². The maximum Gasteiger partial charge on any atom is 0.263 e. The molecule has 4 heteroatoms. The first-order valence-corrected chi connectivity index (χ1v) is 5.71. The fourth-order valence-electron chi connectivity index (χ4n) is 1.21. The van der Waals surface area contributed by atoms with Gasteiger partial charge in [0.2, 0.25) is 0 Å². The van der Waals surface area contributed by atoms with Gasteiger partial charge in [0.15, 0.2) is 0 Å². The third kappa shape index (κ3) is 3.07. The highest BCUT2D eigenvalue weighted by molar-refractivity contribution is 7.11. The number of nitrogens with one attached hydrogen (secondary N) is 1. The number of aryl methyl sites for hydroxylation is 1. The van der Waals surface area contributed by atoms with Gasteiger partial charge in [0.25, 0.3) is 5.91 Å². The van der Waals surface area contributed by atoms with E-state index >= 15 is 0 Å². The molecule has 1 rings (SSSR count). The molecule has 0 aromatic carbocycles. The lowest BCUT2D eigenvalue weighted by molar-refractivity contribution is 0.0940. The van der Waals surface area contributed by atoms with E-state index in [4.69, 9.17) is 6.42 Å². The van der Waals surface area contributed by atoms with Crippen molar-refractivity contribution in [2.24, 2.45) is 0 Å². The number of hydrogen-bond donors (Lipinski definition) is 1. The fourth-order valence-corrected chi connectivity index (χ4v) is 1.92. The average molecular weight is 222 g/mol. The zero-order chi connectivity index (χ0) is 11.3. The van der Waals surface area contributed by atoms with Crippen LogP contribution in [0.15, 0.2) is 5.51 Å². The number of nitrogens with zero attached hydrogens (tertiary/aromatic N) is 1. The Morgan fingerprint density at radius 3 is 3.00 bits per heavy atom. The molecule has 0 aliphatic carbocycles. The molecular weight excluding hydrogens is 208 g/mol. The van der Waals surface area contributed by atoms with Gasteiger partial charge in [-0.05, 0) is 13.3 Å². The fraction of sp³-hybridized carbons (Fsp3) is 0.455. The van der Waals surface area contributed by atoms with Gasteiger partial charge in [-0.3, -0.25) is 4.79 Å². The van der Waals surface area contributed by atoms with E-state index in [1.807, 2.05) is 13.8 Å². The van der Waals surface area contributed by atoms with Crippen LogP contribution in [0.1, 0.15) is 35.1 Å². The molecule has 0 aliphatic heterocycles. The molecule has 0 saturated carbocycles. The maximum absolute atomic E-state index is 11.8. The van der Waals surface area contributed by atoms with Gasteiger partial charge in [-0.25, -0.2) is 4.98 Å². The smallest absolute Gasteiger partial charge is 0.263 e. The highest BCUT2D eigenvalue weighted by Gasteiger charge is 2.14. The van der Waals surface area contributed by atoms with Crippen LogP contribution in [0.25, 0.3) is 0 Å². The first-order valence-electron chi connectivity index (χ1n) is 4.83. The predicted octanol–water partition coefficient (Wildman–Crippen LogP) is 1.98. The van der Waals surface area contributed by atoms with Crippen LogP contribution in [0.5, 0.6) is 0 Å². The summed E-state index contributed by atoms with van der Waals surface area (Å²) in [6.45, 7) is 3.83. The Morgan fingerprint density at radius 1 is 1.80 bits per heavy atom. The molecule has 1 N–H and O–H groups in total. The maximum atomic E-state index is 11.8. The molecule has 1 amide bonds. The minimum Gasteiger partial charge on any atom is -0.348 e. The van der Waals surface area contributed by atoms with Crippen molar-refractivity contribution in [1.29, 1.82) is 0 Å². The molecule has 0 fully saturated rings. The predicted molar refractivity (Wildman–Crippen MR) is 61.8 cm³/mol. The Kier molecular flexibility index (Phi) is 4.32. The summed E-state index contributed by atoms with van der Waals surface area (Å²) in [6.07, 6.45) is 6.63. The van der Waals surface area contributed by atoms with E-state index in [-0.39, 0.29) is 11.9 Å². The number of terminal acetylenes is 1. The van der Waals surface area contributed by atoms with Gasteiger partial charge in [-0.15, -0.1) is 23.7 Å². The highest BCUT2D eigenvalue weighted by Crippen LogP contribution is 2.12. The molecule has 0 radical (unpaired) electrons. The summed E-state index contributed by atoms with van der Waals surface area (Å²) in [5.74, 6) is 2.48. The van der Waals surface area contributed by atoms with Crippen LogP contribution in [0.2, 0.25) is 0 Å². The van der Waals surface area contributed by atoms with Crippen LogP contribution in [-0.2, 0) is 0 Å². The second-order valence-electron chi connectivity index (χ2n) is 3.25. The van der Waals surface area contributed by atoms with Crippen LogP contribution in [0.4, 0.5) is 0 Å². The Bertz CT molecular complexity index is 378. The monoisotopic (exact) mass is 222 g/mol. The molecule has 1 heterocycles. The number of amides is 1. The molecule has 0 spiro atoms. The Morgan fingerprint density at radius 2 is 2.53 bits per heavy atom. The topological polar surface area (TPSA) is 42.0 Å². The van der Waals surface area contributed by atoms with Gasteiger partial charge in [0.05, 0.1) is 11.2 Å². The van der Waals surface area contributed by atoms with Crippen LogP contribution in [0, 0.1) is 19.3 Å². The third-order valence-corrected chi connectivity index (χ3v) is 3.07. The second kappa shape index (κ2) is 5.52. The van der Waals surface area contributed by atoms with Crippen molar-refractivity contribution in [3.8, 4) is 12.3 Å². The van der Waals surface area contributed by atoms with E-state index in [2.05, 4.69) is 16.2 Å². The highest BCUT2D eigenvalue weighted by atomic mass is 32.1. The zero-order valence-corrected chi connectivity index (χ0v) is 9.73. The third-order valence-electron chi connectivity index (χ3n) is 2.14. The molecule has 1 atom stereocenters. The Balaban J connectivity index is 2.63. The lowest BCUT2D eigenvalue weighted by Crippen LogP contribution is -2.33. The van der Waals surface area contributed by atoms with E-state index in [0.717, 1.165) is 12.1 Å². The second-order valence-corrected chi connectivity index (χ2v) is 4.11. The van der Waals surface area contributed by atoms with Gasteiger partial charge in [-0.2, -0.15) is 0 Å². The molecule has 0 aliphatic rings. The standard InChI is InChI=1S/C11H14N2OS/c1-4-6-9(5-2)13-11(14)10-8(3)12-7-15-10/h1,7,9H,5-6H2,2-3H3,(H,13,14). The molecule has 1 unspecified atom stereocenters. The first-order chi connectivity index (χ1) is 7.19. The molecule has 1 aromatic rings. The van der Waals surface area contributed by atoms with Gasteiger partial charge in [-0.1, -0.05) is 6.92 Å². The minimum absolute atomic E-state index is 0.0593. The Labute approximate surface area is 93.9 Å². The van der Waals surface area contributed by atoms with Crippen molar-refractivity contribution in [3.63, 3.8) is 0 Å². The van der Waals surface area contributed by atoms with Gasteiger partial charge >= 0.3 is 0 Å². The summed E-state index contributed by atoms with van der Waals surface area (Å²) in [6, 6.07) is 0.0593. The number of carbonyl (C=O) groups excluding carboxylic acids is 1. The van der Waals surface area contributed by atoms with Crippen molar-refractivity contribution < 1.29 is 4.79 Å².